The van der Waals surface area contributed by atoms with Crippen molar-refractivity contribution in [2.24, 2.45) is 10.4 Å². The van der Waals surface area contributed by atoms with Crippen molar-refractivity contribution in [2.75, 3.05) is 26.2 Å². The first kappa shape index (κ1) is 15.8. The number of aliphatic hydroxyl groups is 1. The molecule has 0 amide bonds. The van der Waals surface area contributed by atoms with Gasteiger partial charge in [0.1, 0.15) is 0 Å². The Morgan fingerprint density at radius 2 is 2.19 bits per heavy atom. The van der Waals surface area contributed by atoms with Gasteiger partial charge in [0.05, 0.1) is 12.6 Å². The highest BCUT2D eigenvalue weighted by Gasteiger charge is 2.30. The van der Waals surface area contributed by atoms with Crippen molar-refractivity contribution in [3.8, 4) is 0 Å². The van der Waals surface area contributed by atoms with Crippen molar-refractivity contribution in [3.63, 3.8) is 0 Å². The Balaban J connectivity index is 2.01. The van der Waals surface area contributed by atoms with Crippen molar-refractivity contribution >= 4 is 5.96 Å². The van der Waals surface area contributed by atoms with Gasteiger partial charge in [0.15, 0.2) is 5.96 Å². The number of pyridine rings is 1. The van der Waals surface area contributed by atoms with Gasteiger partial charge in [0.25, 0.3) is 0 Å². The second-order valence-electron chi connectivity index (χ2n) is 6.33. The van der Waals surface area contributed by atoms with Crippen LogP contribution in [0.4, 0.5) is 0 Å². The third-order valence-electron chi connectivity index (χ3n) is 3.82. The van der Waals surface area contributed by atoms with Gasteiger partial charge >= 0.3 is 0 Å². The van der Waals surface area contributed by atoms with E-state index in [-0.39, 0.29) is 0 Å². The number of aliphatic hydroxyl groups excluding tert-OH is 1. The summed E-state index contributed by atoms with van der Waals surface area (Å²) in [6, 6.07) is 3.65. The smallest absolute Gasteiger partial charge is 0.194 e. The summed E-state index contributed by atoms with van der Waals surface area (Å²) in [6.45, 7) is 9.85. The van der Waals surface area contributed by atoms with Crippen molar-refractivity contribution in [3.05, 3.63) is 30.1 Å². The summed E-state index contributed by atoms with van der Waals surface area (Å²) >= 11 is 0. The Hall–Kier alpha value is -1.62. The Morgan fingerprint density at radius 3 is 2.76 bits per heavy atom. The van der Waals surface area contributed by atoms with Crippen LogP contribution in [0.15, 0.2) is 29.5 Å². The van der Waals surface area contributed by atoms with E-state index in [0.29, 0.717) is 12.0 Å². The van der Waals surface area contributed by atoms with E-state index >= 15 is 0 Å². The molecule has 0 bridgehead atoms. The SMILES string of the molecule is CCNC(=NCC(O)c1ccncc1)N1CCC(C)(C)C1. The lowest BCUT2D eigenvalue weighted by molar-refractivity contribution is 0.186. The lowest BCUT2D eigenvalue weighted by atomic mass is 9.93. The zero-order valence-electron chi connectivity index (χ0n) is 13.2. The van der Waals surface area contributed by atoms with Gasteiger partial charge in [-0.2, -0.15) is 0 Å². The molecule has 1 atom stereocenters. The molecule has 2 N–H and O–H groups in total. The molecule has 0 radical (unpaired) electrons. The molecule has 1 unspecified atom stereocenters. The Labute approximate surface area is 127 Å². The van der Waals surface area contributed by atoms with Crippen LogP contribution in [-0.4, -0.2) is 47.1 Å². The van der Waals surface area contributed by atoms with Crippen LogP contribution in [0.2, 0.25) is 0 Å². The molecule has 2 rings (SSSR count). The standard InChI is InChI=1S/C16H26N4O/c1-4-18-15(20-10-7-16(2,3)12-20)19-11-14(21)13-5-8-17-9-6-13/h5-6,8-9,14,21H,4,7,10-12H2,1-3H3,(H,18,19). The van der Waals surface area contributed by atoms with Crippen LogP contribution in [0.3, 0.4) is 0 Å². The number of hydrogen-bond acceptors (Lipinski definition) is 3. The number of aliphatic imine (C=N–C) groups is 1. The lowest BCUT2D eigenvalue weighted by Gasteiger charge is -2.24. The molecule has 1 aromatic rings. The van der Waals surface area contributed by atoms with Gasteiger partial charge in [0.2, 0.25) is 0 Å². The van der Waals surface area contributed by atoms with Crippen LogP contribution < -0.4 is 5.32 Å². The molecule has 21 heavy (non-hydrogen) atoms. The Bertz CT molecular complexity index is 472. The van der Waals surface area contributed by atoms with Crippen LogP contribution in [0.25, 0.3) is 0 Å². The normalized spacial score (nSPS) is 19.6. The largest absolute Gasteiger partial charge is 0.386 e. The highest BCUT2D eigenvalue weighted by molar-refractivity contribution is 5.80. The predicted molar refractivity (Wildman–Crippen MR) is 85.1 cm³/mol. The molecule has 5 heteroatoms. The molecule has 1 fully saturated rings. The fraction of sp³-hybridized carbons (Fsp3) is 0.625. The molecule has 0 saturated carbocycles. The van der Waals surface area contributed by atoms with E-state index in [1.807, 2.05) is 12.1 Å². The van der Waals surface area contributed by atoms with E-state index < -0.39 is 6.10 Å². The van der Waals surface area contributed by atoms with Crippen LogP contribution in [0.1, 0.15) is 38.9 Å². The number of rotatable bonds is 4. The van der Waals surface area contributed by atoms with Crippen LogP contribution in [0, 0.1) is 5.41 Å². The van der Waals surface area contributed by atoms with Gasteiger partial charge in [-0.25, -0.2) is 0 Å². The van der Waals surface area contributed by atoms with Crippen molar-refractivity contribution in [1.29, 1.82) is 0 Å². The third kappa shape index (κ3) is 4.43. The molecule has 116 valence electrons. The summed E-state index contributed by atoms with van der Waals surface area (Å²) in [5.74, 6) is 0.899. The second kappa shape index (κ2) is 6.89. The highest BCUT2D eigenvalue weighted by atomic mass is 16.3. The maximum Gasteiger partial charge on any atom is 0.194 e. The van der Waals surface area contributed by atoms with Crippen molar-refractivity contribution < 1.29 is 5.11 Å². The molecule has 1 saturated heterocycles. The first-order valence-electron chi connectivity index (χ1n) is 7.63. The number of guanidine groups is 1. The van der Waals surface area contributed by atoms with Crippen molar-refractivity contribution in [1.82, 2.24) is 15.2 Å². The summed E-state index contributed by atoms with van der Waals surface area (Å²) in [6.07, 6.45) is 3.97. The second-order valence-corrected chi connectivity index (χ2v) is 6.33. The van der Waals surface area contributed by atoms with E-state index in [1.54, 1.807) is 12.4 Å². The Kier molecular flexibility index (Phi) is 5.17. The Morgan fingerprint density at radius 1 is 1.48 bits per heavy atom. The molecule has 5 nitrogen and oxygen atoms in total. The molecule has 0 spiro atoms. The zero-order chi connectivity index (χ0) is 15.3. The van der Waals surface area contributed by atoms with Crippen LogP contribution in [-0.2, 0) is 0 Å². The van der Waals surface area contributed by atoms with Crippen molar-refractivity contribution in [2.45, 2.75) is 33.3 Å². The third-order valence-corrected chi connectivity index (χ3v) is 3.82. The zero-order valence-corrected chi connectivity index (χ0v) is 13.2. The maximum absolute atomic E-state index is 10.2. The molecule has 1 aliphatic heterocycles. The van der Waals surface area contributed by atoms with Gasteiger partial charge in [-0.3, -0.25) is 9.98 Å². The molecule has 0 aliphatic carbocycles. The predicted octanol–water partition coefficient (Wildman–Crippen LogP) is 1.81. The number of nitrogens with one attached hydrogen (secondary N) is 1. The van der Waals surface area contributed by atoms with E-state index in [0.717, 1.165) is 31.2 Å². The summed E-state index contributed by atoms with van der Waals surface area (Å²) in [7, 11) is 0. The minimum atomic E-state index is -0.586. The minimum Gasteiger partial charge on any atom is -0.386 e. The van der Waals surface area contributed by atoms with Gasteiger partial charge in [-0.05, 0) is 36.5 Å². The summed E-state index contributed by atoms with van der Waals surface area (Å²) in [5.41, 5.74) is 1.19. The van der Waals surface area contributed by atoms with Gasteiger partial charge in [-0.15, -0.1) is 0 Å². The average molecular weight is 290 g/mol. The molecule has 1 aromatic heterocycles. The number of likely N-dealkylation sites (tertiary alicyclic amines) is 1. The molecule has 0 aromatic carbocycles. The molecular weight excluding hydrogens is 264 g/mol. The fourth-order valence-corrected chi connectivity index (χ4v) is 2.58. The first-order chi connectivity index (χ1) is 10.0. The molecular formula is C16H26N4O. The van der Waals surface area contributed by atoms with E-state index in [9.17, 15) is 5.11 Å². The first-order valence-corrected chi connectivity index (χ1v) is 7.63. The summed E-state index contributed by atoms with van der Waals surface area (Å²) in [5, 5.41) is 13.5. The molecule has 2 heterocycles. The van der Waals surface area contributed by atoms with Crippen LogP contribution >= 0.6 is 0 Å². The number of hydrogen-bond donors (Lipinski definition) is 2. The van der Waals surface area contributed by atoms with E-state index in [2.05, 4.69) is 41.0 Å². The number of aromatic nitrogens is 1. The highest BCUT2D eigenvalue weighted by Crippen LogP contribution is 2.28. The quantitative estimate of drug-likeness (QED) is 0.656. The van der Waals surface area contributed by atoms with Crippen LogP contribution in [0.5, 0.6) is 0 Å². The summed E-state index contributed by atoms with van der Waals surface area (Å²) in [4.78, 5) is 10.8. The average Bonchev–Trinajstić information content (AvgIpc) is 2.84. The topological polar surface area (TPSA) is 60.8 Å². The number of nitrogens with zero attached hydrogens (tertiary/aromatic N) is 3. The minimum absolute atomic E-state index is 0.333. The maximum atomic E-state index is 10.2. The molecule has 1 aliphatic rings. The van der Waals surface area contributed by atoms with E-state index in [4.69, 9.17) is 0 Å². The summed E-state index contributed by atoms with van der Waals surface area (Å²) < 4.78 is 0. The fourth-order valence-electron chi connectivity index (χ4n) is 2.58. The lowest BCUT2D eigenvalue weighted by Crippen LogP contribution is -2.41. The van der Waals surface area contributed by atoms with Gasteiger partial charge in [0, 0.05) is 32.0 Å². The monoisotopic (exact) mass is 290 g/mol. The van der Waals surface area contributed by atoms with E-state index in [1.165, 1.54) is 6.42 Å². The van der Waals surface area contributed by atoms with Gasteiger partial charge < -0.3 is 15.3 Å². The van der Waals surface area contributed by atoms with Gasteiger partial charge in [-0.1, -0.05) is 13.8 Å².